The van der Waals surface area contributed by atoms with Crippen LogP contribution >= 0.6 is 12.2 Å². The van der Waals surface area contributed by atoms with E-state index in [9.17, 15) is 10.1 Å². The third kappa shape index (κ3) is 4.36. The third-order valence-electron chi connectivity index (χ3n) is 3.87. The number of thiocarbonyl (C=S) groups is 1. The largest absolute Gasteiger partial charge is 0.359 e. The normalized spacial score (nSPS) is 22.1. The van der Waals surface area contributed by atoms with Gasteiger partial charge >= 0.3 is 0 Å². The molecule has 1 aliphatic rings. The summed E-state index contributed by atoms with van der Waals surface area (Å²) in [5.74, 6) is 0.0458. The fraction of sp³-hybridized carbons (Fsp3) is 0.438. The molecule has 2 atom stereocenters. The molecule has 1 aromatic carbocycles. The van der Waals surface area contributed by atoms with Crippen molar-refractivity contribution in [1.29, 1.82) is 0 Å². The molecular weight excluding hydrogens is 284 g/mol. The highest BCUT2D eigenvalue weighted by Gasteiger charge is 2.33. The van der Waals surface area contributed by atoms with Crippen LogP contribution in [-0.4, -0.2) is 27.4 Å². The molecule has 0 radical (unpaired) electrons. The summed E-state index contributed by atoms with van der Waals surface area (Å²) in [5, 5.41) is 10.7. The second-order valence-electron chi connectivity index (χ2n) is 5.51. The van der Waals surface area contributed by atoms with Gasteiger partial charge in [0.1, 0.15) is 0 Å². The highest BCUT2D eigenvalue weighted by Crippen LogP contribution is 2.28. The van der Waals surface area contributed by atoms with Gasteiger partial charge in [-0.25, -0.2) is 0 Å². The van der Waals surface area contributed by atoms with E-state index in [0.29, 0.717) is 6.42 Å². The van der Waals surface area contributed by atoms with Crippen molar-refractivity contribution in [3.63, 3.8) is 0 Å². The summed E-state index contributed by atoms with van der Waals surface area (Å²) >= 11 is 5.52. The first-order chi connectivity index (χ1) is 10.1. The highest BCUT2D eigenvalue weighted by atomic mass is 32.1. The Morgan fingerprint density at radius 1 is 1.43 bits per heavy atom. The predicted molar refractivity (Wildman–Crippen MR) is 87.8 cm³/mol. The monoisotopic (exact) mass is 304 g/mol. The Kier molecular flexibility index (Phi) is 5.44. The van der Waals surface area contributed by atoms with Crippen LogP contribution in [0.25, 0.3) is 0 Å². The van der Waals surface area contributed by atoms with Crippen molar-refractivity contribution in [2.24, 2.45) is 5.92 Å². The lowest BCUT2D eigenvalue weighted by atomic mass is 9.88. The van der Waals surface area contributed by atoms with Crippen LogP contribution in [0, 0.1) is 16.0 Å². The molecule has 0 amide bonds. The Balaban J connectivity index is 2.10. The van der Waals surface area contributed by atoms with Gasteiger partial charge in [0.2, 0.25) is 6.54 Å². The van der Waals surface area contributed by atoms with Crippen LogP contribution in [-0.2, 0) is 6.54 Å². The Hall–Kier alpha value is -1.75. The first kappa shape index (κ1) is 15.6. The quantitative estimate of drug-likeness (QED) is 0.349. The number of hydrogen-bond acceptors (Lipinski definition) is 3. The molecule has 5 heteroatoms. The van der Waals surface area contributed by atoms with Gasteiger partial charge in [-0.3, -0.25) is 10.1 Å². The van der Waals surface area contributed by atoms with E-state index in [1.54, 1.807) is 0 Å². The molecule has 4 nitrogen and oxygen atoms in total. The van der Waals surface area contributed by atoms with Crippen molar-refractivity contribution in [2.75, 3.05) is 6.54 Å². The van der Waals surface area contributed by atoms with E-state index in [4.69, 9.17) is 12.2 Å². The minimum absolute atomic E-state index is 0.00690. The maximum absolute atomic E-state index is 10.7. The van der Waals surface area contributed by atoms with Gasteiger partial charge in [-0.2, -0.15) is 0 Å². The Morgan fingerprint density at radius 2 is 2.14 bits per heavy atom. The SMILES string of the molecule is C=CC[C@@H]1C[C@@H](C[N+](=O)[O-])CC(=S)N1Cc1ccccc1. The fourth-order valence-corrected chi connectivity index (χ4v) is 3.38. The Labute approximate surface area is 130 Å². The van der Waals surface area contributed by atoms with Crippen LogP contribution in [0.5, 0.6) is 0 Å². The van der Waals surface area contributed by atoms with Gasteiger partial charge < -0.3 is 4.90 Å². The van der Waals surface area contributed by atoms with Gasteiger partial charge in [-0.05, 0) is 18.4 Å². The minimum Gasteiger partial charge on any atom is -0.359 e. The molecule has 0 saturated carbocycles. The van der Waals surface area contributed by atoms with Crippen molar-refractivity contribution in [1.82, 2.24) is 4.90 Å². The summed E-state index contributed by atoms with van der Waals surface area (Å²) in [6, 6.07) is 10.4. The van der Waals surface area contributed by atoms with Gasteiger partial charge in [0.25, 0.3) is 0 Å². The standard InChI is InChI=1S/C16H20N2O2S/c1-2-6-15-9-14(12-18(19)20)10-16(21)17(15)11-13-7-4-3-5-8-13/h2-5,7-8,14-15H,1,6,9-12H2/t14-,15-/m1/s1. The van der Waals surface area contributed by atoms with Crippen LogP contribution in [0.15, 0.2) is 43.0 Å². The van der Waals surface area contributed by atoms with E-state index in [1.807, 2.05) is 24.3 Å². The van der Waals surface area contributed by atoms with Crippen LogP contribution in [0.1, 0.15) is 24.8 Å². The molecule has 2 rings (SSSR count). The molecule has 1 fully saturated rings. The first-order valence-electron chi connectivity index (χ1n) is 7.16. The lowest BCUT2D eigenvalue weighted by molar-refractivity contribution is -0.488. The smallest absolute Gasteiger partial charge is 0.207 e. The minimum atomic E-state index is -0.231. The summed E-state index contributed by atoms with van der Waals surface area (Å²) < 4.78 is 0. The molecule has 112 valence electrons. The van der Waals surface area contributed by atoms with E-state index in [2.05, 4.69) is 23.6 Å². The van der Waals surface area contributed by atoms with Gasteiger partial charge in [0.15, 0.2) is 0 Å². The molecular formula is C16H20N2O2S. The van der Waals surface area contributed by atoms with Gasteiger partial charge in [0, 0.05) is 29.8 Å². The summed E-state index contributed by atoms with van der Waals surface area (Å²) in [5.41, 5.74) is 1.21. The first-order valence-corrected chi connectivity index (χ1v) is 7.57. The second-order valence-corrected chi connectivity index (χ2v) is 5.98. The summed E-state index contributed by atoms with van der Waals surface area (Å²) in [6.07, 6.45) is 4.12. The maximum Gasteiger partial charge on any atom is 0.207 e. The maximum atomic E-state index is 10.7. The van der Waals surface area contributed by atoms with Crippen LogP contribution in [0.2, 0.25) is 0 Å². The number of rotatable bonds is 6. The lowest BCUT2D eigenvalue weighted by Gasteiger charge is -2.40. The third-order valence-corrected chi connectivity index (χ3v) is 4.27. The number of benzene rings is 1. The molecule has 0 bridgehead atoms. The number of nitro groups is 1. The van der Waals surface area contributed by atoms with Crippen molar-refractivity contribution in [3.8, 4) is 0 Å². The number of nitrogens with zero attached hydrogens (tertiary/aromatic N) is 2. The van der Waals surface area contributed by atoms with Crippen molar-refractivity contribution >= 4 is 17.2 Å². The molecule has 0 unspecified atom stereocenters. The van der Waals surface area contributed by atoms with E-state index < -0.39 is 0 Å². The van der Waals surface area contributed by atoms with Crippen LogP contribution < -0.4 is 0 Å². The Morgan fingerprint density at radius 3 is 2.76 bits per heavy atom. The molecule has 0 aliphatic carbocycles. The number of likely N-dealkylation sites (tertiary alicyclic amines) is 1. The zero-order valence-electron chi connectivity index (χ0n) is 12.0. The van der Waals surface area contributed by atoms with Crippen molar-refractivity contribution < 1.29 is 4.92 Å². The molecule has 0 aromatic heterocycles. The van der Waals surface area contributed by atoms with E-state index >= 15 is 0 Å². The van der Waals surface area contributed by atoms with Gasteiger partial charge in [-0.1, -0.05) is 48.6 Å². The van der Waals surface area contributed by atoms with E-state index in [0.717, 1.165) is 24.4 Å². The molecule has 21 heavy (non-hydrogen) atoms. The molecule has 1 aliphatic heterocycles. The topological polar surface area (TPSA) is 46.4 Å². The molecule has 1 aromatic rings. The molecule has 1 heterocycles. The molecule has 0 N–H and O–H groups in total. The van der Waals surface area contributed by atoms with Crippen LogP contribution in [0.3, 0.4) is 0 Å². The van der Waals surface area contributed by atoms with E-state index in [-0.39, 0.29) is 23.4 Å². The molecule has 1 saturated heterocycles. The zero-order chi connectivity index (χ0) is 15.2. The average molecular weight is 304 g/mol. The summed E-state index contributed by atoms with van der Waals surface area (Å²) in [4.78, 5) is 13.6. The second kappa shape index (κ2) is 7.31. The van der Waals surface area contributed by atoms with Crippen molar-refractivity contribution in [3.05, 3.63) is 58.7 Å². The van der Waals surface area contributed by atoms with Crippen molar-refractivity contribution in [2.45, 2.75) is 31.8 Å². The zero-order valence-corrected chi connectivity index (χ0v) is 12.8. The number of piperidine rings is 1. The molecule has 0 spiro atoms. The fourth-order valence-electron chi connectivity index (χ4n) is 2.93. The number of hydrogen-bond donors (Lipinski definition) is 0. The van der Waals surface area contributed by atoms with Gasteiger partial charge in [-0.15, -0.1) is 6.58 Å². The average Bonchev–Trinajstić information content (AvgIpc) is 2.43. The summed E-state index contributed by atoms with van der Waals surface area (Å²) in [6.45, 7) is 4.58. The lowest BCUT2D eigenvalue weighted by Crippen LogP contribution is -2.46. The Bertz CT molecular complexity index is 518. The predicted octanol–water partition coefficient (Wildman–Crippen LogP) is 3.45. The van der Waals surface area contributed by atoms with Gasteiger partial charge in [0.05, 0.1) is 4.99 Å². The van der Waals surface area contributed by atoms with Crippen LogP contribution in [0.4, 0.5) is 0 Å². The summed E-state index contributed by atoms with van der Waals surface area (Å²) in [7, 11) is 0. The van der Waals surface area contributed by atoms with E-state index in [1.165, 1.54) is 5.56 Å². The highest BCUT2D eigenvalue weighted by molar-refractivity contribution is 7.80.